The molecule has 0 bridgehead atoms. The van der Waals surface area contributed by atoms with Crippen LogP contribution in [0.1, 0.15) is 18.4 Å². The minimum atomic E-state index is -0.588. The minimum Gasteiger partial charge on any atom is -0.481 e. The summed E-state index contributed by atoms with van der Waals surface area (Å²) in [5.41, 5.74) is 0.460. The van der Waals surface area contributed by atoms with Crippen molar-refractivity contribution in [3.8, 4) is 5.75 Å². The summed E-state index contributed by atoms with van der Waals surface area (Å²) in [6.07, 6.45) is 1.57. The van der Waals surface area contributed by atoms with Gasteiger partial charge >= 0.3 is 0 Å². The summed E-state index contributed by atoms with van der Waals surface area (Å²) >= 11 is 0. The van der Waals surface area contributed by atoms with Crippen LogP contribution in [0.3, 0.4) is 0 Å². The number of hydrogen-bond acceptors (Lipinski definition) is 4. The van der Waals surface area contributed by atoms with Crippen molar-refractivity contribution in [3.05, 3.63) is 29.6 Å². The first kappa shape index (κ1) is 14.7. The van der Waals surface area contributed by atoms with E-state index in [0.29, 0.717) is 18.8 Å². The maximum Gasteiger partial charge on any atom is 0.258 e. The van der Waals surface area contributed by atoms with Gasteiger partial charge < -0.3 is 19.9 Å². The molecule has 0 aliphatic carbocycles. The van der Waals surface area contributed by atoms with Crippen molar-refractivity contribution in [1.82, 2.24) is 5.32 Å². The molecule has 0 saturated carbocycles. The summed E-state index contributed by atoms with van der Waals surface area (Å²) < 4.78 is 23.9. The van der Waals surface area contributed by atoms with Gasteiger partial charge in [0.15, 0.2) is 18.2 Å². The predicted octanol–water partition coefficient (Wildman–Crippen LogP) is 0.992. The highest BCUT2D eigenvalue weighted by molar-refractivity contribution is 5.77. The smallest absolute Gasteiger partial charge is 0.258 e. The molecule has 1 amide bonds. The molecular weight excluding hydrogens is 265 g/mol. The van der Waals surface area contributed by atoms with Crippen molar-refractivity contribution in [3.63, 3.8) is 0 Å². The van der Waals surface area contributed by atoms with Crippen LogP contribution >= 0.6 is 0 Å². The molecule has 5 nitrogen and oxygen atoms in total. The molecule has 1 heterocycles. The lowest BCUT2D eigenvalue weighted by Crippen LogP contribution is -2.41. The summed E-state index contributed by atoms with van der Waals surface area (Å²) in [5, 5.41) is 11.7. The third-order valence-electron chi connectivity index (χ3n) is 3.12. The number of nitrogens with one attached hydrogen (secondary N) is 1. The van der Waals surface area contributed by atoms with Crippen molar-refractivity contribution in [2.75, 3.05) is 19.8 Å². The Kier molecular flexibility index (Phi) is 5.31. The van der Waals surface area contributed by atoms with E-state index in [1.165, 1.54) is 12.1 Å². The molecule has 1 saturated heterocycles. The lowest BCUT2D eigenvalue weighted by atomic mass is 10.1. The van der Waals surface area contributed by atoms with Gasteiger partial charge in [-0.05, 0) is 30.5 Å². The molecular formula is C14H18FNO4. The molecule has 1 aliphatic rings. The highest BCUT2D eigenvalue weighted by Gasteiger charge is 2.16. The van der Waals surface area contributed by atoms with Crippen LogP contribution in [0.15, 0.2) is 18.2 Å². The molecule has 0 atom stereocenters. The minimum absolute atomic E-state index is 0.00401. The number of rotatable bonds is 5. The molecule has 110 valence electrons. The number of ether oxygens (including phenoxy) is 2. The van der Waals surface area contributed by atoms with Crippen molar-refractivity contribution >= 4 is 5.91 Å². The zero-order valence-corrected chi connectivity index (χ0v) is 11.1. The Hall–Kier alpha value is -1.66. The SMILES string of the molecule is O=C(COc1ccc(CO)cc1F)NC1CCOCC1. The van der Waals surface area contributed by atoms with Crippen molar-refractivity contribution < 1.29 is 23.8 Å². The normalized spacial score (nSPS) is 15.9. The molecule has 1 aromatic rings. The Balaban J connectivity index is 1.80. The number of hydrogen-bond donors (Lipinski definition) is 2. The average Bonchev–Trinajstić information content (AvgIpc) is 2.47. The highest BCUT2D eigenvalue weighted by Crippen LogP contribution is 2.18. The number of aliphatic hydroxyl groups excluding tert-OH is 1. The fraction of sp³-hybridized carbons (Fsp3) is 0.500. The van der Waals surface area contributed by atoms with Crippen LogP contribution in [0.25, 0.3) is 0 Å². The van der Waals surface area contributed by atoms with Crippen LogP contribution < -0.4 is 10.1 Å². The first-order chi connectivity index (χ1) is 9.69. The maximum atomic E-state index is 13.6. The van der Waals surface area contributed by atoms with E-state index in [2.05, 4.69) is 5.32 Å². The topological polar surface area (TPSA) is 67.8 Å². The van der Waals surface area contributed by atoms with Crippen LogP contribution in [0.4, 0.5) is 4.39 Å². The fourth-order valence-electron chi connectivity index (χ4n) is 2.01. The van der Waals surface area contributed by atoms with E-state index in [-0.39, 0.29) is 30.9 Å². The van der Waals surface area contributed by atoms with E-state index >= 15 is 0 Å². The number of amides is 1. The van der Waals surface area contributed by atoms with Crippen LogP contribution in [0.2, 0.25) is 0 Å². The molecule has 2 rings (SSSR count). The highest BCUT2D eigenvalue weighted by atomic mass is 19.1. The molecule has 6 heteroatoms. The first-order valence-electron chi connectivity index (χ1n) is 6.58. The van der Waals surface area contributed by atoms with Crippen LogP contribution in [-0.4, -0.2) is 36.9 Å². The Bertz CT molecular complexity index is 460. The Morgan fingerprint density at radius 1 is 1.45 bits per heavy atom. The van der Waals surface area contributed by atoms with E-state index in [9.17, 15) is 9.18 Å². The van der Waals surface area contributed by atoms with Crippen LogP contribution in [0.5, 0.6) is 5.75 Å². The quantitative estimate of drug-likeness (QED) is 0.845. The van der Waals surface area contributed by atoms with Gasteiger partial charge in [-0.1, -0.05) is 6.07 Å². The number of carbonyl (C=O) groups is 1. The lowest BCUT2D eigenvalue weighted by Gasteiger charge is -2.23. The first-order valence-corrected chi connectivity index (χ1v) is 6.58. The van der Waals surface area contributed by atoms with Gasteiger partial charge in [0.25, 0.3) is 5.91 Å². The number of benzene rings is 1. The third-order valence-corrected chi connectivity index (χ3v) is 3.12. The molecule has 20 heavy (non-hydrogen) atoms. The third kappa shape index (κ3) is 4.18. The van der Waals surface area contributed by atoms with E-state index in [0.717, 1.165) is 12.8 Å². The molecule has 1 aliphatic heterocycles. The Morgan fingerprint density at radius 3 is 2.85 bits per heavy atom. The molecule has 0 unspecified atom stereocenters. The van der Waals surface area contributed by atoms with E-state index in [1.807, 2.05) is 0 Å². The Morgan fingerprint density at radius 2 is 2.20 bits per heavy atom. The number of carbonyl (C=O) groups excluding carboxylic acids is 1. The zero-order valence-electron chi connectivity index (χ0n) is 11.1. The molecule has 0 spiro atoms. The van der Waals surface area contributed by atoms with Crippen LogP contribution in [0, 0.1) is 5.82 Å². The van der Waals surface area contributed by atoms with E-state index in [4.69, 9.17) is 14.6 Å². The van der Waals surface area contributed by atoms with Gasteiger partial charge in [-0.3, -0.25) is 4.79 Å². The monoisotopic (exact) mass is 283 g/mol. The molecule has 1 aromatic carbocycles. The number of aliphatic hydroxyl groups is 1. The van der Waals surface area contributed by atoms with Gasteiger partial charge in [0.2, 0.25) is 0 Å². The maximum absolute atomic E-state index is 13.6. The van der Waals surface area contributed by atoms with Gasteiger partial charge in [-0.2, -0.15) is 0 Å². The second-order valence-electron chi connectivity index (χ2n) is 4.67. The van der Waals surface area contributed by atoms with Crippen LogP contribution in [-0.2, 0) is 16.1 Å². The van der Waals surface area contributed by atoms with E-state index < -0.39 is 5.82 Å². The summed E-state index contributed by atoms with van der Waals surface area (Å²) in [6.45, 7) is 0.820. The van der Waals surface area contributed by atoms with Gasteiger partial charge in [0.05, 0.1) is 6.61 Å². The number of halogens is 1. The van der Waals surface area contributed by atoms with Gasteiger partial charge in [-0.15, -0.1) is 0 Å². The molecule has 0 radical (unpaired) electrons. The predicted molar refractivity (Wildman–Crippen MR) is 69.8 cm³/mol. The zero-order chi connectivity index (χ0) is 14.4. The summed E-state index contributed by atoms with van der Waals surface area (Å²) in [7, 11) is 0. The largest absolute Gasteiger partial charge is 0.481 e. The van der Waals surface area contributed by atoms with Crippen molar-refractivity contribution in [2.24, 2.45) is 0 Å². The van der Waals surface area contributed by atoms with E-state index in [1.54, 1.807) is 6.07 Å². The molecule has 0 aromatic heterocycles. The van der Waals surface area contributed by atoms with Gasteiger partial charge in [0.1, 0.15) is 0 Å². The molecule has 1 fully saturated rings. The summed E-state index contributed by atoms with van der Waals surface area (Å²) in [4.78, 5) is 11.7. The van der Waals surface area contributed by atoms with Gasteiger partial charge in [-0.25, -0.2) is 4.39 Å². The second kappa shape index (κ2) is 7.21. The van der Waals surface area contributed by atoms with Crippen molar-refractivity contribution in [2.45, 2.75) is 25.5 Å². The second-order valence-corrected chi connectivity index (χ2v) is 4.67. The molecule has 2 N–H and O–H groups in total. The standard InChI is InChI=1S/C14H18FNO4/c15-12-7-10(8-17)1-2-13(12)20-9-14(18)16-11-3-5-19-6-4-11/h1-2,7,11,17H,3-6,8-9H2,(H,16,18). The average molecular weight is 283 g/mol. The van der Waals surface area contributed by atoms with Gasteiger partial charge in [0, 0.05) is 19.3 Å². The summed E-state index contributed by atoms with van der Waals surface area (Å²) in [6, 6.07) is 4.24. The summed E-state index contributed by atoms with van der Waals surface area (Å²) in [5.74, 6) is -0.859. The Labute approximate surface area is 116 Å². The lowest BCUT2D eigenvalue weighted by molar-refractivity contribution is -0.124. The fourth-order valence-corrected chi connectivity index (χ4v) is 2.01. The van der Waals surface area contributed by atoms with Crippen molar-refractivity contribution in [1.29, 1.82) is 0 Å².